The first-order chi connectivity index (χ1) is 15.4. The molecule has 1 unspecified atom stereocenters. The van der Waals surface area contributed by atoms with Gasteiger partial charge in [0, 0.05) is 13.0 Å². The second-order valence-corrected chi connectivity index (χ2v) is 7.44. The Morgan fingerprint density at radius 1 is 1.19 bits per heavy atom. The zero-order valence-corrected chi connectivity index (χ0v) is 17.9. The molecule has 1 fully saturated rings. The molecule has 3 rings (SSSR count). The molecule has 1 aliphatic heterocycles. The van der Waals surface area contributed by atoms with Crippen LogP contribution in [-0.2, 0) is 16.1 Å². The summed E-state index contributed by atoms with van der Waals surface area (Å²) in [6.07, 6.45) is 0.795. The standard InChI is InChI=1S/C23H27N5O4/c1-31-18-5-3-2-4-17(18)23(30)27-12-14-6-8-15(9-7-14)20(24)19(22(26)29)21(25)28-16-10-11-32-13-16/h2-9,16H,10-13,24H2,1H3,(H2,25,28)(H2,26,29)(H,27,30)/p+1. The number of para-hydroxylation sites is 1. The first kappa shape index (κ1) is 23.0. The van der Waals surface area contributed by atoms with E-state index in [1.807, 2.05) is 0 Å². The highest BCUT2D eigenvalue weighted by atomic mass is 16.5. The van der Waals surface area contributed by atoms with Gasteiger partial charge in [-0.25, -0.2) is 5.41 Å². The van der Waals surface area contributed by atoms with Crippen LogP contribution in [0.3, 0.4) is 0 Å². The molecule has 0 aromatic heterocycles. The van der Waals surface area contributed by atoms with E-state index in [9.17, 15) is 9.59 Å². The number of rotatable bonds is 8. The third kappa shape index (κ3) is 5.51. The molecule has 0 aliphatic carbocycles. The average molecular weight is 439 g/mol. The molecule has 1 heterocycles. The van der Waals surface area contributed by atoms with E-state index in [1.54, 1.807) is 53.8 Å². The molecule has 2 amide bonds. The van der Waals surface area contributed by atoms with Gasteiger partial charge < -0.3 is 26.3 Å². The Balaban J connectivity index is 1.69. The maximum absolute atomic E-state index is 12.4. The molecule has 2 aromatic carbocycles. The van der Waals surface area contributed by atoms with Crippen molar-refractivity contribution < 1.29 is 24.4 Å². The number of hydrogen-bond donors (Lipinski definition) is 5. The van der Waals surface area contributed by atoms with Crippen LogP contribution in [0, 0.1) is 5.41 Å². The maximum Gasteiger partial charge on any atom is 0.258 e. The van der Waals surface area contributed by atoms with E-state index in [-0.39, 0.29) is 29.1 Å². The summed E-state index contributed by atoms with van der Waals surface area (Å²) < 4.78 is 10.5. The molecule has 9 nitrogen and oxygen atoms in total. The van der Waals surface area contributed by atoms with Crippen molar-refractivity contribution >= 4 is 23.3 Å². The Morgan fingerprint density at radius 2 is 1.91 bits per heavy atom. The predicted octanol–water partition coefficient (Wildman–Crippen LogP) is 0.110. The van der Waals surface area contributed by atoms with E-state index < -0.39 is 5.91 Å². The van der Waals surface area contributed by atoms with Crippen molar-refractivity contribution in [2.45, 2.75) is 19.0 Å². The van der Waals surface area contributed by atoms with E-state index in [1.165, 1.54) is 7.11 Å². The summed E-state index contributed by atoms with van der Waals surface area (Å²) in [7, 11) is 1.52. The lowest BCUT2D eigenvalue weighted by molar-refractivity contribution is -0.578. The summed E-state index contributed by atoms with van der Waals surface area (Å²) in [4.78, 5) is 24.4. The van der Waals surface area contributed by atoms with E-state index in [2.05, 4.69) is 5.32 Å². The summed E-state index contributed by atoms with van der Waals surface area (Å²) >= 11 is 0. The largest absolute Gasteiger partial charge is 0.496 e. The number of amidine groups is 1. The molecule has 0 radical (unpaired) electrons. The molecular formula is C23H28N5O4+. The predicted molar refractivity (Wildman–Crippen MR) is 120 cm³/mol. The van der Waals surface area contributed by atoms with Crippen molar-refractivity contribution in [3.63, 3.8) is 0 Å². The second-order valence-electron chi connectivity index (χ2n) is 7.44. The van der Waals surface area contributed by atoms with E-state index in [4.69, 9.17) is 26.4 Å². The number of nitrogens with one attached hydrogen (secondary N) is 2. The summed E-state index contributed by atoms with van der Waals surface area (Å²) in [5.41, 5.74) is 13.7. The van der Waals surface area contributed by atoms with Gasteiger partial charge >= 0.3 is 0 Å². The molecule has 1 aliphatic rings. The number of carbonyl (C=O) groups is 2. The van der Waals surface area contributed by atoms with Crippen LogP contribution in [-0.4, -0.2) is 44.0 Å². The fraction of sp³-hybridized carbons (Fsp3) is 0.261. The quantitative estimate of drug-likeness (QED) is 0.225. The van der Waals surface area contributed by atoms with Crippen LogP contribution in [0.25, 0.3) is 5.70 Å². The molecule has 0 bridgehead atoms. The van der Waals surface area contributed by atoms with Crippen LogP contribution in [0.5, 0.6) is 5.75 Å². The monoisotopic (exact) mass is 438 g/mol. The van der Waals surface area contributed by atoms with Gasteiger partial charge in [0.05, 0.1) is 31.6 Å². The van der Waals surface area contributed by atoms with E-state index in [0.717, 1.165) is 12.0 Å². The third-order valence-electron chi connectivity index (χ3n) is 5.22. The van der Waals surface area contributed by atoms with Crippen molar-refractivity contribution in [2.24, 2.45) is 11.5 Å². The lowest BCUT2D eigenvalue weighted by atomic mass is 10.0. The van der Waals surface area contributed by atoms with Gasteiger partial charge in [0.2, 0.25) is 5.84 Å². The Hall–Kier alpha value is -3.69. The van der Waals surface area contributed by atoms with Gasteiger partial charge in [-0.3, -0.25) is 14.9 Å². The van der Waals surface area contributed by atoms with Crippen LogP contribution in [0.15, 0.2) is 54.1 Å². The van der Waals surface area contributed by atoms with Gasteiger partial charge in [-0.1, -0.05) is 36.4 Å². The van der Waals surface area contributed by atoms with Crippen LogP contribution in [0.4, 0.5) is 0 Å². The lowest BCUT2D eigenvalue weighted by Crippen LogP contribution is -2.94. The fourth-order valence-electron chi connectivity index (χ4n) is 3.47. The minimum atomic E-state index is -0.754. The van der Waals surface area contributed by atoms with Crippen molar-refractivity contribution in [1.82, 2.24) is 5.32 Å². The molecule has 1 saturated heterocycles. The molecule has 168 valence electrons. The van der Waals surface area contributed by atoms with Crippen molar-refractivity contribution in [1.29, 1.82) is 5.41 Å². The number of hydrogen-bond acceptors (Lipinski definition) is 6. The topological polar surface area (TPSA) is 157 Å². The maximum atomic E-state index is 12.4. The molecule has 0 saturated carbocycles. The number of quaternary nitrogens is 1. The number of amides is 2. The summed E-state index contributed by atoms with van der Waals surface area (Å²) in [6, 6.07) is 14.1. The number of carbonyl (C=O) groups excluding carboxylic acids is 2. The number of methoxy groups -OCH3 is 1. The summed E-state index contributed by atoms with van der Waals surface area (Å²) in [5.74, 6) is -0.503. The minimum Gasteiger partial charge on any atom is -0.496 e. The molecule has 8 N–H and O–H groups in total. The number of ether oxygens (including phenoxy) is 2. The molecular weight excluding hydrogens is 410 g/mol. The van der Waals surface area contributed by atoms with Crippen LogP contribution in [0.1, 0.15) is 27.9 Å². The first-order valence-corrected chi connectivity index (χ1v) is 10.2. The van der Waals surface area contributed by atoms with Gasteiger partial charge in [-0.15, -0.1) is 0 Å². The zero-order valence-electron chi connectivity index (χ0n) is 17.9. The highest BCUT2D eigenvalue weighted by molar-refractivity contribution is 6.20. The minimum absolute atomic E-state index is 0.00125. The smallest absolute Gasteiger partial charge is 0.258 e. The summed E-state index contributed by atoms with van der Waals surface area (Å²) in [5, 5.41) is 12.8. The molecule has 1 atom stereocenters. The van der Waals surface area contributed by atoms with Gasteiger partial charge in [0.25, 0.3) is 11.8 Å². The SMILES string of the molecule is COc1ccccc1C(=O)NCc1ccc(C(N)=C(C(=N)[NH2+]C2CCOC2)C(N)=O)cc1. The van der Waals surface area contributed by atoms with Crippen molar-refractivity contribution in [2.75, 3.05) is 20.3 Å². The molecule has 9 heteroatoms. The van der Waals surface area contributed by atoms with E-state index in [0.29, 0.717) is 36.6 Å². The Bertz CT molecular complexity index is 1030. The second kappa shape index (κ2) is 10.6. The van der Waals surface area contributed by atoms with Crippen molar-refractivity contribution in [3.8, 4) is 5.75 Å². The number of nitrogens with two attached hydrogens (primary N) is 3. The fourth-order valence-corrected chi connectivity index (χ4v) is 3.47. The van der Waals surface area contributed by atoms with Gasteiger partial charge in [0.15, 0.2) is 0 Å². The number of benzene rings is 2. The third-order valence-corrected chi connectivity index (χ3v) is 5.22. The normalized spacial score (nSPS) is 16.2. The van der Waals surface area contributed by atoms with Gasteiger partial charge in [-0.05, 0) is 23.3 Å². The number of primary amides is 1. The van der Waals surface area contributed by atoms with Gasteiger partial charge in [0.1, 0.15) is 17.4 Å². The first-order valence-electron chi connectivity index (χ1n) is 10.2. The zero-order chi connectivity index (χ0) is 23.1. The Kier molecular flexibility index (Phi) is 7.58. The average Bonchev–Trinajstić information content (AvgIpc) is 3.30. The van der Waals surface area contributed by atoms with Gasteiger partial charge in [-0.2, -0.15) is 0 Å². The highest BCUT2D eigenvalue weighted by Gasteiger charge is 2.26. The van der Waals surface area contributed by atoms with Crippen molar-refractivity contribution in [3.05, 3.63) is 70.8 Å². The van der Waals surface area contributed by atoms with E-state index >= 15 is 0 Å². The molecule has 2 aromatic rings. The molecule has 32 heavy (non-hydrogen) atoms. The summed E-state index contributed by atoms with van der Waals surface area (Å²) in [6.45, 7) is 1.45. The Morgan fingerprint density at radius 3 is 2.53 bits per heavy atom. The highest BCUT2D eigenvalue weighted by Crippen LogP contribution is 2.18. The van der Waals surface area contributed by atoms with Crippen LogP contribution in [0.2, 0.25) is 0 Å². The van der Waals surface area contributed by atoms with Crippen LogP contribution < -0.4 is 26.8 Å². The Labute approximate surface area is 186 Å². The molecule has 0 spiro atoms. The lowest BCUT2D eigenvalue weighted by Gasteiger charge is -2.12. The van der Waals surface area contributed by atoms with Crippen LogP contribution >= 0.6 is 0 Å².